The number of aliphatic hydroxyl groups excluding tert-OH is 3. The predicted octanol–water partition coefficient (Wildman–Crippen LogP) is -1.92. The monoisotopic (exact) mass is 246 g/mol. The first kappa shape index (κ1) is 15.3. The molecule has 3 atom stereocenters. The molecule has 0 fully saturated rings. The molecular weight excluding hydrogens is 232 g/mol. The Bertz CT molecular complexity index is 328. The number of hydrogen-bond acceptors (Lipinski definition) is 6. The van der Waals surface area contributed by atoms with Gasteiger partial charge in [0.15, 0.2) is 5.78 Å². The molecule has 0 rings (SSSR count). The number of rotatable bonds is 7. The van der Waals surface area contributed by atoms with Gasteiger partial charge in [-0.15, -0.1) is 0 Å². The minimum atomic E-state index is -1.87. The molecule has 0 aliphatic heterocycles. The summed E-state index contributed by atoms with van der Waals surface area (Å²) in [6, 6.07) is -1.20. The van der Waals surface area contributed by atoms with Crippen LogP contribution >= 0.6 is 0 Å². The number of nitrogens with zero attached hydrogens (tertiary/aromatic N) is 3. The third-order valence-corrected chi connectivity index (χ3v) is 1.96. The van der Waals surface area contributed by atoms with Gasteiger partial charge in [-0.05, 0) is 5.53 Å². The molecule has 0 saturated carbocycles. The van der Waals surface area contributed by atoms with E-state index in [4.69, 9.17) is 10.6 Å². The van der Waals surface area contributed by atoms with Gasteiger partial charge in [0.05, 0.1) is 12.1 Å². The van der Waals surface area contributed by atoms with Gasteiger partial charge < -0.3 is 20.6 Å². The Kier molecular flexibility index (Phi) is 6.83. The summed E-state index contributed by atoms with van der Waals surface area (Å²) in [6.45, 7) is 0.0481. The van der Waals surface area contributed by atoms with E-state index in [2.05, 4.69) is 15.3 Å². The number of azide groups is 1. The van der Waals surface area contributed by atoms with Crippen molar-refractivity contribution in [2.24, 2.45) is 5.11 Å². The van der Waals surface area contributed by atoms with Crippen LogP contribution < -0.4 is 5.32 Å². The highest BCUT2D eigenvalue weighted by Gasteiger charge is 2.30. The molecule has 0 saturated heterocycles. The van der Waals surface area contributed by atoms with Gasteiger partial charge in [0.2, 0.25) is 5.91 Å². The molecule has 0 bridgehead atoms. The van der Waals surface area contributed by atoms with E-state index in [9.17, 15) is 19.8 Å². The summed E-state index contributed by atoms with van der Waals surface area (Å²) in [5.41, 5.74) is 8.25. The lowest BCUT2D eigenvalue weighted by molar-refractivity contribution is -0.136. The van der Waals surface area contributed by atoms with Crippen molar-refractivity contribution in [3.8, 4) is 0 Å². The molecule has 0 aliphatic rings. The van der Waals surface area contributed by atoms with E-state index in [1.54, 1.807) is 0 Å². The van der Waals surface area contributed by atoms with Crippen molar-refractivity contribution in [2.45, 2.75) is 25.2 Å². The maximum Gasteiger partial charge on any atom is 0.216 e. The quantitative estimate of drug-likeness (QED) is 0.234. The van der Waals surface area contributed by atoms with Gasteiger partial charge >= 0.3 is 0 Å². The minimum Gasteiger partial charge on any atom is -0.389 e. The van der Waals surface area contributed by atoms with Crippen molar-refractivity contribution in [3.63, 3.8) is 0 Å². The highest BCUT2D eigenvalue weighted by Crippen LogP contribution is 2.05. The van der Waals surface area contributed by atoms with Crippen LogP contribution in [-0.4, -0.2) is 58.4 Å². The third-order valence-electron chi connectivity index (χ3n) is 1.96. The van der Waals surface area contributed by atoms with Crippen LogP contribution in [0.2, 0.25) is 0 Å². The summed E-state index contributed by atoms with van der Waals surface area (Å²) < 4.78 is 0. The summed E-state index contributed by atoms with van der Waals surface area (Å²) in [7, 11) is 0. The van der Waals surface area contributed by atoms with Gasteiger partial charge in [-0.3, -0.25) is 9.59 Å². The molecule has 0 aromatic carbocycles. The number of aliphatic hydroxyl groups is 3. The molecular formula is C8H14N4O5. The Hall–Kier alpha value is -1.67. The first-order valence-electron chi connectivity index (χ1n) is 4.72. The summed E-state index contributed by atoms with van der Waals surface area (Å²) in [5, 5.41) is 32.7. The van der Waals surface area contributed by atoms with Crippen LogP contribution in [0, 0.1) is 0 Å². The van der Waals surface area contributed by atoms with Gasteiger partial charge in [0, 0.05) is 18.4 Å². The largest absolute Gasteiger partial charge is 0.389 e. The molecule has 0 aliphatic carbocycles. The molecule has 4 N–H and O–H groups in total. The average molecular weight is 246 g/mol. The number of ketones is 1. The van der Waals surface area contributed by atoms with E-state index in [0.717, 1.165) is 0 Å². The van der Waals surface area contributed by atoms with E-state index in [-0.39, 0.29) is 6.54 Å². The fourth-order valence-corrected chi connectivity index (χ4v) is 1.04. The number of Topliss-reactive ketones (excluding diaryl/α,β-unsaturated/α-hetero) is 1. The zero-order chi connectivity index (χ0) is 13.4. The van der Waals surface area contributed by atoms with E-state index < -0.39 is 36.5 Å². The number of carbonyl (C=O) groups is 2. The Balaban J connectivity index is 4.63. The number of nitrogens with one attached hydrogen (secondary N) is 1. The lowest BCUT2D eigenvalue weighted by atomic mass is 10.0. The summed E-state index contributed by atoms with van der Waals surface area (Å²) in [6.07, 6.45) is -3.57. The van der Waals surface area contributed by atoms with Crippen LogP contribution in [0.25, 0.3) is 10.4 Å². The Morgan fingerprint density at radius 3 is 2.47 bits per heavy atom. The average Bonchev–Trinajstić information content (AvgIpc) is 2.31. The van der Waals surface area contributed by atoms with Gasteiger partial charge in [-0.25, -0.2) is 0 Å². The second-order valence-corrected chi connectivity index (χ2v) is 3.27. The van der Waals surface area contributed by atoms with Gasteiger partial charge in [-0.1, -0.05) is 5.11 Å². The normalized spacial score (nSPS) is 15.3. The van der Waals surface area contributed by atoms with Crippen molar-refractivity contribution >= 4 is 11.7 Å². The van der Waals surface area contributed by atoms with Crippen LogP contribution in [0.4, 0.5) is 0 Å². The second-order valence-electron chi connectivity index (χ2n) is 3.27. The van der Waals surface area contributed by atoms with E-state index in [1.807, 2.05) is 0 Å². The molecule has 0 radical (unpaired) electrons. The van der Waals surface area contributed by atoms with Crippen LogP contribution in [-0.2, 0) is 9.59 Å². The molecule has 9 heteroatoms. The smallest absolute Gasteiger partial charge is 0.216 e. The molecule has 1 amide bonds. The zero-order valence-electron chi connectivity index (χ0n) is 9.15. The van der Waals surface area contributed by atoms with Crippen molar-refractivity contribution < 1.29 is 24.9 Å². The first-order valence-corrected chi connectivity index (χ1v) is 4.72. The lowest BCUT2D eigenvalue weighted by Gasteiger charge is -2.22. The maximum atomic E-state index is 10.9. The molecule has 0 aromatic heterocycles. The fraction of sp³-hybridized carbons (Fsp3) is 0.750. The Morgan fingerprint density at radius 1 is 1.47 bits per heavy atom. The van der Waals surface area contributed by atoms with Crippen molar-refractivity contribution in [2.75, 3.05) is 13.2 Å². The Labute approximate surface area is 96.7 Å². The topological polar surface area (TPSA) is 156 Å². The molecule has 0 aromatic rings. The predicted molar refractivity (Wildman–Crippen MR) is 55.7 cm³/mol. The molecule has 0 heterocycles. The lowest BCUT2D eigenvalue weighted by Crippen LogP contribution is -2.46. The SMILES string of the molecule is CC(=O)NC[C@@H](N=[N+]=[N-])[C@@H](O)[C@H](O)C(=O)CO. The maximum absolute atomic E-state index is 10.9. The van der Waals surface area contributed by atoms with Crippen LogP contribution in [0.5, 0.6) is 0 Å². The van der Waals surface area contributed by atoms with Crippen molar-refractivity contribution in [3.05, 3.63) is 10.4 Å². The third kappa shape index (κ3) is 5.27. The molecule has 0 unspecified atom stereocenters. The Morgan fingerprint density at radius 2 is 2.06 bits per heavy atom. The van der Waals surface area contributed by atoms with Gasteiger partial charge in [-0.2, -0.15) is 0 Å². The second kappa shape index (κ2) is 7.58. The van der Waals surface area contributed by atoms with Gasteiger partial charge in [0.1, 0.15) is 12.7 Å². The van der Waals surface area contributed by atoms with E-state index in [0.29, 0.717) is 0 Å². The molecule has 17 heavy (non-hydrogen) atoms. The van der Waals surface area contributed by atoms with Crippen LogP contribution in [0.15, 0.2) is 5.11 Å². The minimum absolute atomic E-state index is 0.226. The fourth-order valence-electron chi connectivity index (χ4n) is 1.04. The molecule has 0 spiro atoms. The van der Waals surface area contributed by atoms with E-state index >= 15 is 0 Å². The van der Waals surface area contributed by atoms with Crippen LogP contribution in [0.3, 0.4) is 0 Å². The zero-order valence-corrected chi connectivity index (χ0v) is 9.15. The van der Waals surface area contributed by atoms with Crippen molar-refractivity contribution in [1.82, 2.24) is 5.32 Å². The first-order chi connectivity index (χ1) is 7.93. The number of amides is 1. The summed E-state index contributed by atoms with van der Waals surface area (Å²) >= 11 is 0. The van der Waals surface area contributed by atoms with Gasteiger partial charge in [0.25, 0.3) is 0 Å². The number of carbonyl (C=O) groups excluding carboxylic acids is 2. The summed E-state index contributed by atoms with van der Waals surface area (Å²) in [5.74, 6) is -1.42. The van der Waals surface area contributed by atoms with E-state index in [1.165, 1.54) is 6.92 Å². The van der Waals surface area contributed by atoms with Crippen molar-refractivity contribution in [1.29, 1.82) is 0 Å². The number of hydrogen-bond donors (Lipinski definition) is 4. The standard InChI is InChI=1S/C8H14N4O5/c1-4(14)10-2-5(11-12-9)7(16)8(17)6(15)3-13/h5,7-8,13,16-17H,2-3H2,1H3,(H,10,14)/t5-,7-,8-/m1/s1. The highest BCUT2D eigenvalue weighted by molar-refractivity contribution is 5.84. The summed E-state index contributed by atoms with van der Waals surface area (Å²) in [4.78, 5) is 24.0. The highest BCUT2D eigenvalue weighted by atomic mass is 16.3. The van der Waals surface area contributed by atoms with Crippen LogP contribution in [0.1, 0.15) is 6.92 Å². The molecule has 96 valence electrons. The molecule has 9 nitrogen and oxygen atoms in total.